The highest BCUT2D eigenvalue weighted by atomic mass is 79.9. The Balaban J connectivity index is 2.10. The second-order valence-electron chi connectivity index (χ2n) is 5.68. The molecule has 1 heterocycles. The first-order valence-corrected chi connectivity index (χ1v) is 9.05. The van der Waals surface area contributed by atoms with Crippen molar-refractivity contribution in [3.05, 3.63) is 28.7 Å². The summed E-state index contributed by atoms with van der Waals surface area (Å²) in [5.41, 5.74) is 0.407. The van der Waals surface area contributed by atoms with Crippen LogP contribution in [0.4, 0.5) is 10.5 Å². The summed E-state index contributed by atoms with van der Waals surface area (Å²) in [7, 11) is 0. The molecule has 7 nitrogen and oxygen atoms in total. The van der Waals surface area contributed by atoms with Crippen LogP contribution in [0.1, 0.15) is 13.8 Å². The summed E-state index contributed by atoms with van der Waals surface area (Å²) in [4.78, 5) is 43.3. The number of rotatable bonds is 7. The van der Waals surface area contributed by atoms with Gasteiger partial charge < -0.3 is 4.90 Å². The Labute approximate surface area is 155 Å². The molecule has 0 radical (unpaired) electrons. The number of anilines is 1. The SMILES string of the molecule is CC[NH+](CC)CCN=CC1C(=O)NC(=O)N(c2ccc(Br)cc2)C1=O. The van der Waals surface area contributed by atoms with Crippen molar-refractivity contribution in [3.63, 3.8) is 0 Å². The van der Waals surface area contributed by atoms with Gasteiger partial charge in [-0.3, -0.25) is 19.9 Å². The Hall–Kier alpha value is -2.06. The van der Waals surface area contributed by atoms with E-state index in [0.717, 1.165) is 29.0 Å². The van der Waals surface area contributed by atoms with Gasteiger partial charge in [0, 0.05) is 10.7 Å². The fourth-order valence-corrected chi connectivity index (χ4v) is 2.83. The maximum Gasteiger partial charge on any atom is 0.335 e. The number of aliphatic imine (C=N–C) groups is 1. The number of benzene rings is 1. The van der Waals surface area contributed by atoms with Crippen molar-refractivity contribution in [2.24, 2.45) is 10.9 Å². The van der Waals surface area contributed by atoms with Gasteiger partial charge in [0.1, 0.15) is 0 Å². The van der Waals surface area contributed by atoms with Gasteiger partial charge in [-0.2, -0.15) is 0 Å². The van der Waals surface area contributed by atoms with Crippen LogP contribution in [-0.4, -0.2) is 50.2 Å². The van der Waals surface area contributed by atoms with E-state index in [-0.39, 0.29) is 0 Å². The van der Waals surface area contributed by atoms with Crippen LogP contribution in [0, 0.1) is 5.92 Å². The van der Waals surface area contributed by atoms with E-state index in [1.807, 2.05) is 0 Å². The van der Waals surface area contributed by atoms with E-state index in [2.05, 4.69) is 40.1 Å². The zero-order valence-corrected chi connectivity index (χ0v) is 15.9. The van der Waals surface area contributed by atoms with Crippen LogP contribution in [0.15, 0.2) is 33.7 Å². The number of nitrogens with zero attached hydrogens (tertiary/aromatic N) is 2. The predicted octanol–water partition coefficient (Wildman–Crippen LogP) is 0.644. The maximum atomic E-state index is 12.6. The molecule has 134 valence electrons. The molecule has 1 atom stereocenters. The summed E-state index contributed by atoms with van der Waals surface area (Å²) < 4.78 is 0.828. The van der Waals surface area contributed by atoms with E-state index >= 15 is 0 Å². The summed E-state index contributed by atoms with van der Waals surface area (Å²) in [6.07, 6.45) is 1.35. The molecule has 1 fully saturated rings. The Morgan fingerprint density at radius 2 is 1.84 bits per heavy atom. The molecular weight excluding hydrogens is 388 g/mol. The van der Waals surface area contributed by atoms with E-state index in [0.29, 0.717) is 12.2 Å². The Kier molecular flexibility index (Phi) is 6.83. The number of amides is 4. The Bertz CT molecular complexity index is 671. The topological polar surface area (TPSA) is 83.3 Å². The lowest BCUT2D eigenvalue weighted by Gasteiger charge is -2.28. The Morgan fingerprint density at radius 1 is 1.20 bits per heavy atom. The highest BCUT2D eigenvalue weighted by Gasteiger charge is 2.40. The first-order valence-electron chi connectivity index (χ1n) is 8.25. The minimum Gasteiger partial charge on any atom is -0.334 e. The minimum atomic E-state index is -1.09. The summed E-state index contributed by atoms with van der Waals surface area (Å²) in [6.45, 7) is 7.56. The number of urea groups is 1. The van der Waals surface area contributed by atoms with Crippen molar-refractivity contribution in [2.75, 3.05) is 31.1 Å². The van der Waals surface area contributed by atoms with Gasteiger partial charge in [0.2, 0.25) is 5.91 Å². The molecule has 4 amide bonds. The van der Waals surface area contributed by atoms with Crippen LogP contribution in [0.25, 0.3) is 0 Å². The molecule has 0 aliphatic carbocycles. The third kappa shape index (κ3) is 4.73. The minimum absolute atomic E-state index is 0.407. The standard InChI is InChI=1S/C17H21BrN4O3/c1-3-21(4-2)10-9-19-11-14-15(23)20-17(25)22(16(14)24)13-7-5-12(18)6-8-13/h5-8,11,14H,3-4,9-10H2,1-2H3,(H,20,23,25)/p+1. The number of quaternary nitrogens is 1. The molecule has 1 saturated heterocycles. The zero-order valence-electron chi connectivity index (χ0n) is 14.3. The van der Waals surface area contributed by atoms with Crippen LogP contribution in [0.3, 0.4) is 0 Å². The van der Waals surface area contributed by atoms with Gasteiger partial charge in [-0.25, -0.2) is 9.69 Å². The molecule has 1 aromatic rings. The number of likely N-dealkylation sites (N-methyl/N-ethyl adjacent to an activating group) is 1. The van der Waals surface area contributed by atoms with Gasteiger partial charge in [0.05, 0.1) is 31.9 Å². The number of carbonyl (C=O) groups is 3. The lowest BCUT2D eigenvalue weighted by Crippen LogP contribution is -3.11. The summed E-state index contributed by atoms with van der Waals surface area (Å²) in [5.74, 6) is -2.31. The van der Waals surface area contributed by atoms with Crippen molar-refractivity contribution in [2.45, 2.75) is 13.8 Å². The smallest absolute Gasteiger partial charge is 0.334 e. The lowest BCUT2D eigenvalue weighted by molar-refractivity contribution is -0.894. The van der Waals surface area contributed by atoms with Crippen LogP contribution < -0.4 is 15.1 Å². The molecular formula is C17H22BrN4O3+. The second kappa shape index (κ2) is 8.87. The van der Waals surface area contributed by atoms with Crippen LogP contribution in [0.5, 0.6) is 0 Å². The summed E-state index contributed by atoms with van der Waals surface area (Å²) in [5, 5.41) is 2.21. The number of nitrogens with one attached hydrogen (secondary N) is 2. The maximum absolute atomic E-state index is 12.6. The fraction of sp³-hybridized carbons (Fsp3) is 0.412. The molecule has 1 unspecified atom stereocenters. The zero-order chi connectivity index (χ0) is 18.4. The number of hydrogen-bond acceptors (Lipinski definition) is 4. The molecule has 0 spiro atoms. The second-order valence-corrected chi connectivity index (χ2v) is 6.60. The van der Waals surface area contributed by atoms with Gasteiger partial charge in [-0.1, -0.05) is 15.9 Å². The van der Waals surface area contributed by atoms with Crippen LogP contribution in [0.2, 0.25) is 0 Å². The Morgan fingerprint density at radius 3 is 2.44 bits per heavy atom. The average Bonchev–Trinajstić information content (AvgIpc) is 2.59. The highest BCUT2D eigenvalue weighted by Crippen LogP contribution is 2.22. The van der Waals surface area contributed by atoms with E-state index < -0.39 is 23.8 Å². The van der Waals surface area contributed by atoms with E-state index in [9.17, 15) is 14.4 Å². The van der Waals surface area contributed by atoms with Crippen molar-refractivity contribution in [1.82, 2.24) is 5.32 Å². The van der Waals surface area contributed by atoms with Gasteiger partial charge in [0.15, 0.2) is 5.92 Å². The fourth-order valence-electron chi connectivity index (χ4n) is 2.56. The molecule has 8 heteroatoms. The van der Waals surface area contributed by atoms with Crippen molar-refractivity contribution < 1.29 is 19.3 Å². The average molecular weight is 410 g/mol. The number of hydrogen-bond donors (Lipinski definition) is 2. The molecule has 2 N–H and O–H groups in total. The van der Waals surface area contributed by atoms with Gasteiger partial charge >= 0.3 is 6.03 Å². The largest absolute Gasteiger partial charge is 0.335 e. The first-order chi connectivity index (χ1) is 12.0. The predicted molar refractivity (Wildman–Crippen MR) is 98.9 cm³/mol. The number of halogens is 1. The molecule has 1 aliphatic rings. The molecule has 0 saturated carbocycles. The quantitative estimate of drug-likeness (QED) is 0.512. The lowest BCUT2D eigenvalue weighted by atomic mass is 10.1. The molecule has 1 aromatic carbocycles. The molecule has 2 rings (SSSR count). The molecule has 1 aliphatic heterocycles. The van der Waals surface area contributed by atoms with E-state index in [1.54, 1.807) is 24.3 Å². The van der Waals surface area contributed by atoms with Crippen LogP contribution in [-0.2, 0) is 9.59 Å². The highest BCUT2D eigenvalue weighted by molar-refractivity contribution is 9.10. The summed E-state index contributed by atoms with van der Waals surface area (Å²) in [6, 6.07) is 5.98. The van der Waals surface area contributed by atoms with E-state index in [4.69, 9.17) is 0 Å². The first kappa shape index (κ1) is 19.3. The van der Waals surface area contributed by atoms with E-state index in [1.165, 1.54) is 11.1 Å². The summed E-state index contributed by atoms with van der Waals surface area (Å²) >= 11 is 3.31. The van der Waals surface area contributed by atoms with Crippen LogP contribution >= 0.6 is 15.9 Å². The number of imide groups is 2. The number of barbiturate groups is 1. The molecule has 25 heavy (non-hydrogen) atoms. The van der Waals surface area contributed by atoms with Gasteiger partial charge in [-0.15, -0.1) is 0 Å². The normalized spacial score (nSPS) is 18.3. The van der Waals surface area contributed by atoms with Crippen molar-refractivity contribution >= 4 is 45.7 Å². The third-order valence-corrected chi connectivity index (χ3v) is 4.66. The monoisotopic (exact) mass is 409 g/mol. The van der Waals surface area contributed by atoms with Crippen molar-refractivity contribution in [1.29, 1.82) is 0 Å². The third-order valence-electron chi connectivity index (χ3n) is 4.14. The van der Waals surface area contributed by atoms with Crippen molar-refractivity contribution in [3.8, 4) is 0 Å². The van der Waals surface area contributed by atoms with Gasteiger partial charge in [0.25, 0.3) is 5.91 Å². The molecule has 0 bridgehead atoms. The number of carbonyl (C=O) groups excluding carboxylic acids is 3. The van der Waals surface area contributed by atoms with Gasteiger partial charge in [-0.05, 0) is 38.1 Å². The molecule has 0 aromatic heterocycles.